The number of nitrogens with two attached hydrogens (primary N) is 1. The van der Waals surface area contributed by atoms with Crippen molar-refractivity contribution in [2.24, 2.45) is 11.7 Å². The second-order valence-corrected chi connectivity index (χ2v) is 5.31. The van der Waals surface area contributed by atoms with E-state index in [9.17, 15) is 9.90 Å². The van der Waals surface area contributed by atoms with E-state index in [-0.39, 0.29) is 17.7 Å². The van der Waals surface area contributed by atoms with Gasteiger partial charge >= 0.3 is 0 Å². The van der Waals surface area contributed by atoms with Crippen molar-refractivity contribution < 1.29 is 14.6 Å². The summed E-state index contributed by atoms with van der Waals surface area (Å²) in [5.41, 5.74) is 6.48. The predicted octanol–water partition coefficient (Wildman–Crippen LogP) is 1.65. The summed E-state index contributed by atoms with van der Waals surface area (Å²) in [5, 5.41) is 12.6. The van der Waals surface area contributed by atoms with Gasteiger partial charge in [-0.3, -0.25) is 4.79 Å². The van der Waals surface area contributed by atoms with Crippen molar-refractivity contribution in [3.05, 3.63) is 23.8 Å². The topological polar surface area (TPSA) is 84.6 Å². The van der Waals surface area contributed by atoms with Crippen molar-refractivity contribution in [2.75, 3.05) is 13.7 Å². The first kappa shape index (κ1) is 14.7. The van der Waals surface area contributed by atoms with Gasteiger partial charge in [0.05, 0.1) is 7.11 Å². The summed E-state index contributed by atoms with van der Waals surface area (Å²) in [6, 6.07) is 4.80. The Morgan fingerprint density at radius 3 is 2.85 bits per heavy atom. The average Bonchev–Trinajstić information content (AvgIpc) is 2.46. The third-order valence-corrected chi connectivity index (χ3v) is 3.93. The Labute approximate surface area is 119 Å². The lowest BCUT2D eigenvalue weighted by molar-refractivity contribution is 0.0941. The Morgan fingerprint density at radius 2 is 2.20 bits per heavy atom. The molecule has 0 saturated heterocycles. The number of rotatable bonds is 4. The van der Waals surface area contributed by atoms with E-state index in [2.05, 4.69) is 5.32 Å². The number of phenols is 1. The lowest BCUT2D eigenvalue weighted by atomic mass is 9.85. The van der Waals surface area contributed by atoms with Crippen LogP contribution >= 0.6 is 0 Å². The molecular formula is C15H22N2O3. The molecule has 2 atom stereocenters. The molecule has 4 N–H and O–H groups in total. The lowest BCUT2D eigenvalue weighted by Gasteiger charge is -2.28. The first-order chi connectivity index (χ1) is 9.61. The third-order valence-electron chi connectivity index (χ3n) is 3.93. The molecule has 1 amide bonds. The number of methoxy groups -OCH3 is 1. The molecule has 1 aliphatic rings. The van der Waals surface area contributed by atoms with Crippen LogP contribution in [0.1, 0.15) is 36.0 Å². The Bertz CT molecular complexity index is 476. The largest absolute Gasteiger partial charge is 0.504 e. The van der Waals surface area contributed by atoms with Gasteiger partial charge in [0.2, 0.25) is 0 Å². The van der Waals surface area contributed by atoms with Gasteiger partial charge in [0.15, 0.2) is 11.5 Å². The van der Waals surface area contributed by atoms with Crippen LogP contribution in [0.5, 0.6) is 11.5 Å². The fourth-order valence-electron chi connectivity index (χ4n) is 2.65. The van der Waals surface area contributed by atoms with E-state index in [4.69, 9.17) is 10.5 Å². The van der Waals surface area contributed by atoms with Crippen LogP contribution in [0.25, 0.3) is 0 Å². The van der Waals surface area contributed by atoms with Gasteiger partial charge in [-0.25, -0.2) is 0 Å². The molecule has 110 valence electrons. The van der Waals surface area contributed by atoms with E-state index in [1.54, 1.807) is 12.1 Å². The Balaban J connectivity index is 1.93. The van der Waals surface area contributed by atoms with Crippen molar-refractivity contribution in [1.82, 2.24) is 5.32 Å². The summed E-state index contributed by atoms with van der Waals surface area (Å²) in [4.78, 5) is 12.0. The second kappa shape index (κ2) is 6.61. The highest BCUT2D eigenvalue weighted by Gasteiger charge is 2.22. The van der Waals surface area contributed by atoms with Gasteiger partial charge in [-0.1, -0.05) is 12.8 Å². The molecule has 0 heterocycles. The molecular weight excluding hydrogens is 256 g/mol. The first-order valence-corrected chi connectivity index (χ1v) is 7.02. The van der Waals surface area contributed by atoms with E-state index >= 15 is 0 Å². The molecule has 1 aromatic carbocycles. The molecule has 0 aliphatic heterocycles. The minimum absolute atomic E-state index is 0.0329. The van der Waals surface area contributed by atoms with Crippen molar-refractivity contribution in [3.8, 4) is 11.5 Å². The van der Waals surface area contributed by atoms with Gasteiger partial charge in [-0.2, -0.15) is 0 Å². The van der Waals surface area contributed by atoms with E-state index in [1.165, 1.54) is 26.0 Å². The van der Waals surface area contributed by atoms with Gasteiger partial charge in [-0.15, -0.1) is 0 Å². The molecule has 0 aromatic heterocycles. The molecule has 5 nitrogen and oxygen atoms in total. The molecule has 0 radical (unpaired) electrons. The van der Waals surface area contributed by atoms with Crippen LogP contribution in [-0.4, -0.2) is 30.7 Å². The number of hydrogen-bond donors (Lipinski definition) is 3. The number of carbonyl (C=O) groups excluding carboxylic acids is 1. The summed E-state index contributed by atoms with van der Waals surface area (Å²) in [6.45, 7) is 0.590. The van der Waals surface area contributed by atoms with Gasteiger partial charge in [-0.05, 0) is 37.0 Å². The van der Waals surface area contributed by atoms with Gasteiger partial charge in [0, 0.05) is 18.2 Å². The molecule has 1 aromatic rings. The third kappa shape index (κ3) is 3.42. The molecule has 0 spiro atoms. The number of ether oxygens (including phenoxy) is 1. The summed E-state index contributed by atoms with van der Waals surface area (Å²) in [7, 11) is 1.47. The zero-order chi connectivity index (χ0) is 14.5. The predicted molar refractivity (Wildman–Crippen MR) is 76.9 cm³/mol. The number of hydrogen-bond acceptors (Lipinski definition) is 4. The minimum Gasteiger partial charge on any atom is -0.504 e. The maximum absolute atomic E-state index is 12.0. The second-order valence-electron chi connectivity index (χ2n) is 5.31. The van der Waals surface area contributed by atoms with Crippen LogP contribution < -0.4 is 15.8 Å². The fourth-order valence-corrected chi connectivity index (χ4v) is 2.65. The van der Waals surface area contributed by atoms with E-state index in [0.29, 0.717) is 23.8 Å². The average molecular weight is 278 g/mol. The van der Waals surface area contributed by atoms with E-state index in [1.807, 2.05) is 0 Å². The maximum Gasteiger partial charge on any atom is 0.251 e. The van der Waals surface area contributed by atoms with E-state index in [0.717, 1.165) is 12.8 Å². The van der Waals surface area contributed by atoms with Crippen LogP contribution in [0, 0.1) is 5.92 Å². The van der Waals surface area contributed by atoms with Crippen LogP contribution in [-0.2, 0) is 0 Å². The monoisotopic (exact) mass is 278 g/mol. The molecule has 2 unspecified atom stereocenters. The number of amides is 1. The highest BCUT2D eigenvalue weighted by atomic mass is 16.5. The van der Waals surface area contributed by atoms with Gasteiger partial charge < -0.3 is 20.9 Å². The standard InChI is InChI=1S/C15H22N2O3/c1-20-14-7-6-10(8-13(14)18)15(19)17-9-11-4-2-3-5-12(11)16/h6-8,11-12,18H,2-5,9,16H2,1H3,(H,17,19). The number of phenolic OH excluding ortho intramolecular Hbond substituents is 1. The normalized spacial score (nSPS) is 22.3. The van der Waals surface area contributed by atoms with Crippen molar-refractivity contribution in [2.45, 2.75) is 31.7 Å². The molecule has 20 heavy (non-hydrogen) atoms. The molecule has 0 bridgehead atoms. The molecule has 5 heteroatoms. The van der Waals surface area contributed by atoms with Gasteiger partial charge in [0.25, 0.3) is 5.91 Å². The molecule has 1 fully saturated rings. The van der Waals surface area contributed by atoms with Crippen LogP contribution in [0.3, 0.4) is 0 Å². The summed E-state index contributed by atoms with van der Waals surface area (Å²) in [6.07, 6.45) is 4.45. The Kier molecular flexibility index (Phi) is 4.84. The van der Waals surface area contributed by atoms with Crippen LogP contribution in [0.4, 0.5) is 0 Å². The fraction of sp³-hybridized carbons (Fsp3) is 0.533. The number of aromatic hydroxyl groups is 1. The summed E-state index contributed by atoms with van der Waals surface area (Å²) >= 11 is 0. The van der Waals surface area contributed by atoms with Crippen LogP contribution in [0.15, 0.2) is 18.2 Å². The molecule has 2 rings (SSSR count). The number of nitrogens with one attached hydrogen (secondary N) is 1. The minimum atomic E-state index is -0.194. The zero-order valence-corrected chi connectivity index (χ0v) is 11.8. The zero-order valence-electron chi connectivity index (χ0n) is 11.8. The lowest BCUT2D eigenvalue weighted by Crippen LogP contribution is -2.41. The Hall–Kier alpha value is -1.75. The highest BCUT2D eigenvalue weighted by Crippen LogP contribution is 2.26. The van der Waals surface area contributed by atoms with Crippen molar-refractivity contribution in [3.63, 3.8) is 0 Å². The summed E-state index contributed by atoms with van der Waals surface area (Å²) in [5.74, 6) is 0.477. The van der Waals surface area contributed by atoms with Crippen molar-refractivity contribution >= 4 is 5.91 Å². The molecule has 1 aliphatic carbocycles. The van der Waals surface area contributed by atoms with E-state index < -0.39 is 0 Å². The smallest absolute Gasteiger partial charge is 0.251 e. The molecule has 1 saturated carbocycles. The van der Waals surface area contributed by atoms with Crippen molar-refractivity contribution in [1.29, 1.82) is 0 Å². The van der Waals surface area contributed by atoms with Gasteiger partial charge in [0.1, 0.15) is 0 Å². The summed E-state index contributed by atoms with van der Waals surface area (Å²) < 4.78 is 4.95. The number of carbonyl (C=O) groups is 1. The Morgan fingerprint density at radius 1 is 1.45 bits per heavy atom. The quantitative estimate of drug-likeness (QED) is 0.782. The maximum atomic E-state index is 12.0. The van der Waals surface area contributed by atoms with Crippen LogP contribution in [0.2, 0.25) is 0 Å². The SMILES string of the molecule is COc1ccc(C(=O)NCC2CCCCC2N)cc1O. The highest BCUT2D eigenvalue weighted by molar-refractivity contribution is 5.94. The first-order valence-electron chi connectivity index (χ1n) is 7.02. The number of benzene rings is 1.